The number of benzene rings is 1. The quantitative estimate of drug-likeness (QED) is 0.753. The van der Waals surface area contributed by atoms with Gasteiger partial charge < -0.3 is 5.32 Å². The van der Waals surface area contributed by atoms with Crippen LogP contribution in [0.5, 0.6) is 0 Å². The van der Waals surface area contributed by atoms with Gasteiger partial charge in [0.15, 0.2) is 0 Å². The van der Waals surface area contributed by atoms with Crippen LogP contribution in [0, 0.1) is 20.8 Å². The van der Waals surface area contributed by atoms with Crippen LogP contribution in [0.3, 0.4) is 0 Å². The Morgan fingerprint density at radius 1 is 1.06 bits per heavy atom. The number of likely N-dealkylation sites (tertiary alicyclic amines) is 1. The van der Waals surface area contributed by atoms with Crippen LogP contribution in [0.15, 0.2) is 24.3 Å². The number of hydrogen-bond donors (Lipinski definition) is 1. The standard InChI is InChI=1S/C26H36N4O/c1-18-8-7-9-21(14-18)16-30-13-12-22(17-30)26-27-19(2)24(20(3)28-26)15-25(31)29-23-10-5-4-6-11-23/h7-9,14,22-23H,4-6,10-13,15-17H2,1-3H3,(H,29,31)/t22-/m0/s1. The molecular weight excluding hydrogens is 384 g/mol. The lowest BCUT2D eigenvalue weighted by Crippen LogP contribution is -2.37. The highest BCUT2D eigenvalue weighted by atomic mass is 16.1. The summed E-state index contributed by atoms with van der Waals surface area (Å²) >= 11 is 0. The Bertz CT molecular complexity index is 896. The van der Waals surface area contributed by atoms with E-state index in [4.69, 9.17) is 9.97 Å². The van der Waals surface area contributed by atoms with Crippen LogP contribution < -0.4 is 5.32 Å². The van der Waals surface area contributed by atoms with E-state index in [0.29, 0.717) is 18.4 Å². The van der Waals surface area contributed by atoms with Gasteiger partial charge in [-0.3, -0.25) is 9.69 Å². The minimum Gasteiger partial charge on any atom is -0.353 e. The molecule has 0 spiro atoms. The predicted octanol–water partition coefficient (Wildman–Crippen LogP) is 4.38. The second kappa shape index (κ2) is 9.90. The van der Waals surface area contributed by atoms with Crippen LogP contribution in [-0.4, -0.2) is 39.9 Å². The van der Waals surface area contributed by atoms with E-state index in [-0.39, 0.29) is 5.91 Å². The highest BCUT2D eigenvalue weighted by Crippen LogP contribution is 2.27. The molecule has 1 saturated heterocycles. The zero-order valence-electron chi connectivity index (χ0n) is 19.3. The molecule has 2 aliphatic rings. The fourth-order valence-corrected chi connectivity index (χ4v) is 5.15. The third kappa shape index (κ3) is 5.70. The number of nitrogens with one attached hydrogen (secondary N) is 1. The summed E-state index contributed by atoms with van der Waals surface area (Å²) in [4.78, 5) is 24.8. The normalized spacial score (nSPS) is 20.2. The summed E-state index contributed by atoms with van der Waals surface area (Å²) in [7, 11) is 0. The van der Waals surface area contributed by atoms with Crippen LogP contribution in [-0.2, 0) is 17.8 Å². The van der Waals surface area contributed by atoms with Crippen molar-refractivity contribution in [2.24, 2.45) is 0 Å². The first-order valence-electron chi connectivity index (χ1n) is 11.9. The molecule has 0 bridgehead atoms. The molecule has 166 valence electrons. The fourth-order valence-electron chi connectivity index (χ4n) is 5.15. The van der Waals surface area contributed by atoms with Crippen molar-refractivity contribution in [1.29, 1.82) is 0 Å². The predicted molar refractivity (Wildman–Crippen MR) is 124 cm³/mol. The van der Waals surface area contributed by atoms with Crippen LogP contribution in [0.1, 0.15) is 78.3 Å². The zero-order valence-corrected chi connectivity index (χ0v) is 19.3. The van der Waals surface area contributed by atoms with Crippen molar-refractivity contribution < 1.29 is 4.79 Å². The highest BCUT2D eigenvalue weighted by molar-refractivity contribution is 5.79. The molecule has 2 heterocycles. The summed E-state index contributed by atoms with van der Waals surface area (Å²) in [5, 5.41) is 3.22. The van der Waals surface area contributed by atoms with E-state index < -0.39 is 0 Å². The smallest absolute Gasteiger partial charge is 0.224 e. The van der Waals surface area contributed by atoms with Gasteiger partial charge in [0.2, 0.25) is 5.91 Å². The summed E-state index contributed by atoms with van der Waals surface area (Å²) in [6.07, 6.45) is 7.44. The lowest BCUT2D eigenvalue weighted by Gasteiger charge is -2.23. The SMILES string of the molecule is Cc1cccc(CN2CC[C@H](c3nc(C)c(CC(=O)NC4CCCCC4)c(C)n3)C2)c1. The van der Waals surface area contributed by atoms with Gasteiger partial charge in [0.25, 0.3) is 0 Å². The van der Waals surface area contributed by atoms with E-state index in [0.717, 1.165) is 61.7 Å². The van der Waals surface area contributed by atoms with Gasteiger partial charge in [-0.2, -0.15) is 0 Å². The summed E-state index contributed by atoms with van der Waals surface area (Å²) in [6, 6.07) is 9.10. The Morgan fingerprint density at radius 3 is 2.52 bits per heavy atom. The Kier molecular flexibility index (Phi) is 7.01. The summed E-state index contributed by atoms with van der Waals surface area (Å²) in [5.74, 6) is 1.42. The number of carbonyl (C=O) groups excluding carboxylic acids is 1. The third-order valence-corrected chi connectivity index (χ3v) is 6.87. The molecule has 1 aromatic carbocycles. The average molecular weight is 421 g/mol. The third-order valence-electron chi connectivity index (χ3n) is 6.87. The van der Waals surface area contributed by atoms with Gasteiger partial charge >= 0.3 is 0 Å². The van der Waals surface area contributed by atoms with Gasteiger partial charge in [-0.25, -0.2) is 9.97 Å². The number of aromatic nitrogens is 2. The maximum atomic E-state index is 12.6. The lowest BCUT2D eigenvalue weighted by atomic mass is 9.95. The molecule has 1 aromatic heterocycles. The molecule has 1 atom stereocenters. The minimum atomic E-state index is 0.111. The molecule has 1 aliphatic carbocycles. The van der Waals surface area contributed by atoms with E-state index in [1.807, 2.05) is 13.8 Å². The molecule has 5 heteroatoms. The van der Waals surface area contributed by atoms with Gasteiger partial charge in [0, 0.05) is 42.0 Å². The molecule has 2 fully saturated rings. The van der Waals surface area contributed by atoms with E-state index in [1.165, 1.54) is 30.4 Å². The van der Waals surface area contributed by atoms with Crippen molar-refractivity contribution in [2.45, 2.75) is 84.2 Å². The number of aryl methyl sites for hydroxylation is 3. The molecule has 1 N–H and O–H groups in total. The van der Waals surface area contributed by atoms with Gasteiger partial charge in [0.05, 0.1) is 6.42 Å². The van der Waals surface area contributed by atoms with Crippen molar-refractivity contribution in [3.8, 4) is 0 Å². The average Bonchev–Trinajstić information content (AvgIpc) is 3.20. The Balaban J connectivity index is 1.37. The maximum absolute atomic E-state index is 12.6. The van der Waals surface area contributed by atoms with Crippen molar-refractivity contribution in [3.63, 3.8) is 0 Å². The second-order valence-corrected chi connectivity index (χ2v) is 9.52. The van der Waals surface area contributed by atoms with Gasteiger partial charge in [-0.05, 0) is 52.1 Å². The topological polar surface area (TPSA) is 58.1 Å². The first-order chi connectivity index (χ1) is 15.0. The molecular formula is C26H36N4O. The van der Waals surface area contributed by atoms with Crippen molar-refractivity contribution in [2.75, 3.05) is 13.1 Å². The zero-order chi connectivity index (χ0) is 21.8. The first kappa shape index (κ1) is 21.9. The van der Waals surface area contributed by atoms with E-state index in [2.05, 4.69) is 41.4 Å². The molecule has 1 saturated carbocycles. The van der Waals surface area contributed by atoms with E-state index in [9.17, 15) is 4.79 Å². The molecule has 4 rings (SSSR count). The largest absolute Gasteiger partial charge is 0.353 e. The molecule has 1 amide bonds. The monoisotopic (exact) mass is 420 g/mol. The number of amides is 1. The molecule has 2 aromatic rings. The molecule has 0 radical (unpaired) electrons. The van der Waals surface area contributed by atoms with Crippen LogP contribution >= 0.6 is 0 Å². The fraction of sp³-hybridized carbons (Fsp3) is 0.577. The van der Waals surface area contributed by atoms with Crippen LogP contribution in [0.4, 0.5) is 0 Å². The number of rotatable bonds is 6. The van der Waals surface area contributed by atoms with E-state index >= 15 is 0 Å². The maximum Gasteiger partial charge on any atom is 0.224 e. The van der Waals surface area contributed by atoms with Crippen LogP contribution in [0.25, 0.3) is 0 Å². The summed E-state index contributed by atoms with van der Waals surface area (Å²) in [5.41, 5.74) is 5.59. The van der Waals surface area contributed by atoms with Crippen LogP contribution in [0.2, 0.25) is 0 Å². The van der Waals surface area contributed by atoms with Gasteiger partial charge in [-0.1, -0.05) is 49.1 Å². The Morgan fingerprint density at radius 2 is 1.81 bits per heavy atom. The molecule has 1 aliphatic heterocycles. The Hall–Kier alpha value is -2.27. The Labute approximate surface area is 186 Å². The molecule has 0 unspecified atom stereocenters. The van der Waals surface area contributed by atoms with E-state index in [1.54, 1.807) is 0 Å². The van der Waals surface area contributed by atoms with Crippen molar-refractivity contribution in [3.05, 3.63) is 58.2 Å². The van der Waals surface area contributed by atoms with Crippen molar-refractivity contribution in [1.82, 2.24) is 20.2 Å². The highest BCUT2D eigenvalue weighted by Gasteiger charge is 2.27. The summed E-state index contributed by atoms with van der Waals surface area (Å²) < 4.78 is 0. The minimum absolute atomic E-state index is 0.111. The molecule has 5 nitrogen and oxygen atoms in total. The number of hydrogen-bond acceptors (Lipinski definition) is 4. The molecule has 31 heavy (non-hydrogen) atoms. The van der Waals surface area contributed by atoms with Crippen molar-refractivity contribution >= 4 is 5.91 Å². The number of nitrogens with zero attached hydrogens (tertiary/aromatic N) is 3. The second-order valence-electron chi connectivity index (χ2n) is 9.52. The first-order valence-corrected chi connectivity index (χ1v) is 11.9. The van der Waals surface area contributed by atoms with Gasteiger partial charge in [0.1, 0.15) is 5.82 Å². The van der Waals surface area contributed by atoms with Gasteiger partial charge in [-0.15, -0.1) is 0 Å². The number of carbonyl (C=O) groups is 1. The summed E-state index contributed by atoms with van der Waals surface area (Å²) in [6.45, 7) is 9.25. The lowest BCUT2D eigenvalue weighted by molar-refractivity contribution is -0.121.